The van der Waals surface area contributed by atoms with Crippen LogP contribution < -0.4 is 5.73 Å². The van der Waals surface area contributed by atoms with Crippen molar-refractivity contribution in [2.24, 2.45) is 5.73 Å². The minimum Gasteiger partial charge on any atom is -0.370 e. The molecule has 0 spiro atoms. The third kappa shape index (κ3) is 19.2. The molecule has 0 aromatic carbocycles. The number of hydrogen-bond acceptors (Lipinski definition) is 1. The van der Waals surface area contributed by atoms with Crippen LogP contribution in [0.15, 0.2) is 12.2 Å². The fourth-order valence-electron chi connectivity index (χ4n) is 2.55. The number of nitrogens with two attached hydrogens (primary N) is 1. The molecule has 0 radical (unpaired) electrons. The third-order valence-electron chi connectivity index (χ3n) is 3.93. The van der Waals surface area contributed by atoms with E-state index in [-0.39, 0.29) is 5.91 Å². The number of amides is 1. The highest BCUT2D eigenvalue weighted by Crippen LogP contribution is 2.10. The molecule has 0 aliphatic carbocycles. The summed E-state index contributed by atoms with van der Waals surface area (Å²) < 4.78 is 0. The van der Waals surface area contributed by atoms with E-state index in [9.17, 15) is 4.79 Å². The molecule has 0 atom stereocenters. The minimum absolute atomic E-state index is 0.162. The average molecular weight is 296 g/mol. The largest absolute Gasteiger partial charge is 0.370 e. The van der Waals surface area contributed by atoms with Crippen LogP contribution in [0.4, 0.5) is 0 Å². The molecule has 0 heterocycles. The summed E-state index contributed by atoms with van der Waals surface area (Å²) in [6.45, 7) is 2.27. The zero-order valence-corrected chi connectivity index (χ0v) is 14.2. The smallest absolute Gasteiger partial charge is 0.217 e. The van der Waals surface area contributed by atoms with Crippen LogP contribution in [0.2, 0.25) is 0 Å². The van der Waals surface area contributed by atoms with E-state index in [0.29, 0.717) is 6.42 Å². The lowest BCUT2D eigenvalue weighted by atomic mass is 10.1. The maximum absolute atomic E-state index is 10.6. The number of primary amides is 1. The monoisotopic (exact) mass is 295 g/mol. The zero-order chi connectivity index (χ0) is 15.6. The van der Waals surface area contributed by atoms with Crippen molar-refractivity contribution in [3.8, 4) is 0 Å². The van der Waals surface area contributed by atoms with Gasteiger partial charge in [0.15, 0.2) is 0 Å². The molecule has 0 aliphatic heterocycles. The van der Waals surface area contributed by atoms with Gasteiger partial charge in [-0.3, -0.25) is 4.79 Å². The van der Waals surface area contributed by atoms with Crippen LogP contribution in [0.3, 0.4) is 0 Å². The Labute approximate surface area is 132 Å². The Kier molecular flexibility index (Phi) is 16.6. The van der Waals surface area contributed by atoms with Gasteiger partial charge in [0.2, 0.25) is 5.91 Å². The summed E-state index contributed by atoms with van der Waals surface area (Å²) in [5.74, 6) is -0.162. The van der Waals surface area contributed by atoms with E-state index in [4.69, 9.17) is 5.73 Å². The lowest BCUT2D eigenvalue weighted by molar-refractivity contribution is -0.118. The second kappa shape index (κ2) is 17.3. The molecule has 0 fully saturated rings. The molecule has 1 amide bonds. The van der Waals surface area contributed by atoms with Gasteiger partial charge in [0.1, 0.15) is 0 Å². The summed E-state index contributed by atoms with van der Waals surface area (Å²) in [7, 11) is 0. The molecule has 2 heteroatoms. The first-order chi connectivity index (χ1) is 10.3. The molecule has 0 unspecified atom stereocenters. The van der Waals surface area contributed by atoms with Gasteiger partial charge < -0.3 is 5.73 Å². The fourth-order valence-corrected chi connectivity index (χ4v) is 2.55. The molecular weight excluding hydrogens is 258 g/mol. The van der Waals surface area contributed by atoms with Gasteiger partial charge in [-0.05, 0) is 32.1 Å². The van der Waals surface area contributed by atoms with Crippen LogP contribution in [-0.2, 0) is 4.79 Å². The molecule has 0 aromatic rings. The number of rotatable bonds is 16. The number of unbranched alkanes of at least 4 members (excludes halogenated alkanes) is 12. The molecule has 0 bridgehead atoms. The second-order valence-corrected chi connectivity index (χ2v) is 6.15. The van der Waals surface area contributed by atoms with Crippen molar-refractivity contribution >= 4 is 5.91 Å². The summed E-state index contributed by atoms with van der Waals surface area (Å²) in [5.41, 5.74) is 5.11. The number of carbonyl (C=O) groups excluding carboxylic acids is 1. The van der Waals surface area contributed by atoms with E-state index in [1.54, 1.807) is 0 Å². The Balaban J connectivity index is 3.07. The lowest BCUT2D eigenvalue weighted by Crippen LogP contribution is -2.09. The Hall–Kier alpha value is -0.790. The van der Waals surface area contributed by atoms with Crippen molar-refractivity contribution in [1.82, 2.24) is 0 Å². The molecule has 124 valence electrons. The van der Waals surface area contributed by atoms with E-state index in [2.05, 4.69) is 19.1 Å². The van der Waals surface area contributed by atoms with Gasteiger partial charge in [-0.15, -0.1) is 0 Å². The van der Waals surface area contributed by atoms with Crippen LogP contribution in [0.1, 0.15) is 103 Å². The first-order valence-electron chi connectivity index (χ1n) is 9.20. The van der Waals surface area contributed by atoms with E-state index in [0.717, 1.165) is 12.8 Å². The van der Waals surface area contributed by atoms with Gasteiger partial charge in [0, 0.05) is 6.42 Å². The van der Waals surface area contributed by atoms with E-state index < -0.39 is 0 Å². The fraction of sp³-hybridized carbons (Fsp3) is 0.842. The Morgan fingerprint density at radius 1 is 0.714 bits per heavy atom. The quantitative estimate of drug-likeness (QED) is 0.279. The first-order valence-corrected chi connectivity index (χ1v) is 9.20. The van der Waals surface area contributed by atoms with Crippen LogP contribution in [-0.4, -0.2) is 5.91 Å². The van der Waals surface area contributed by atoms with Crippen molar-refractivity contribution in [1.29, 1.82) is 0 Å². The van der Waals surface area contributed by atoms with E-state index in [1.165, 1.54) is 77.0 Å². The maximum Gasteiger partial charge on any atom is 0.217 e. The predicted octanol–water partition coefficient (Wildman–Crippen LogP) is 5.90. The standard InChI is InChI=1S/C19H37NO/c1-2-3-4-5-6-7-8-9-10-11-12-13-14-15-16-17-18-19(20)21/h9-10H,2-8,11-18H2,1H3,(H2,20,21)/b10-9-. The first kappa shape index (κ1) is 20.2. The molecule has 0 aromatic heterocycles. The molecule has 2 nitrogen and oxygen atoms in total. The second-order valence-electron chi connectivity index (χ2n) is 6.15. The minimum atomic E-state index is -0.162. The zero-order valence-electron chi connectivity index (χ0n) is 14.2. The molecule has 21 heavy (non-hydrogen) atoms. The average Bonchev–Trinajstić information content (AvgIpc) is 2.46. The van der Waals surface area contributed by atoms with Crippen molar-refractivity contribution in [3.63, 3.8) is 0 Å². The van der Waals surface area contributed by atoms with Crippen molar-refractivity contribution in [2.45, 2.75) is 103 Å². The summed E-state index contributed by atoms with van der Waals surface area (Å²) in [5, 5.41) is 0. The summed E-state index contributed by atoms with van der Waals surface area (Å²) in [6, 6.07) is 0. The molecular formula is C19H37NO. The Bertz CT molecular complexity index is 248. The molecule has 0 aliphatic rings. The summed E-state index contributed by atoms with van der Waals surface area (Å²) in [6.07, 6.45) is 23.4. The van der Waals surface area contributed by atoms with Crippen LogP contribution in [0.25, 0.3) is 0 Å². The van der Waals surface area contributed by atoms with Gasteiger partial charge in [-0.1, -0.05) is 76.9 Å². The highest BCUT2D eigenvalue weighted by Gasteiger charge is 1.94. The number of carbonyl (C=O) groups is 1. The van der Waals surface area contributed by atoms with Gasteiger partial charge in [0.05, 0.1) is 0 Å². The molecule has 0 rings (SSSR count). The number of allylic oxidation sites excluding steroid dienone is 2. The van der Waals surface area contributed by atoms with Crippen molar-refractivity contribution in [3.05, 3.63) is 12.2 Å². The van der Waals surface area contributed by atoms with Crippen molar-refractivity contribution in [2.75, 3.05) is 0 Å². The van der Waals surface area contributed by atoms with Crippen LogP contribution in [0.5, 0.6) is 0 Å². The Morgan fingerprint density at radius 2 is 1.14 bits per heavy atom. The third-order valence-corrected chi connectivity index (χ3v) is 3.93. The molecule has 0 saturated heterocycles. The van der Waals surface area contributed by atoms with Crippen LogP contribution in [0, 0.1) is 0 Å². The van der Waals surface area contributed by atoms with Gasteiger partial charge in [-0.2, -0.15) is 0 Å². The Morgan fingerprint density at radius 3 is 1.62 bits per heavy atom. The SMILES string of the molecule is CCCCCCCC/C=C\CCCCCCCCC(N)=O. The number of hydrogen-bond donors (Lipinski definition) is 1. The topological polar surface area (TPSA) is 43.1 Å². The van der Waals surface area contributed by atoms with Crippen LogP contribution >= 0.6 is 0 Å². The summed E-state index contributed by atoms with van der Waals surface area (Å²) >= 11 is 0. The lowest BCUT2D eigenvalue weighted by Gasteiger charge is -2.00. The normalized spacial score (nSPS) is 11.3. The highest BCUT2D eigenvalue weighted by atomic mass is 16.1. The highest BCUT2D eigenvalue weighted by molar-refractivity contribution is 5.73. The molecule has 0 saturated carbocycles. The summed E-state index contributed by atoms with van der Waals surface area (Å²) in [4.78, 5) is 10.6. The van der Waals surface area contributed by atoms with Gasteiger partial charge in [0.25, 0.3) is 0 Å². The van der Waals surface area contributed by atoms with E-state index >= 15 is 0 Å². The molecule has 2 N–H and O–H groups in total. The maximum atomic E-state index is 10.6. The van der Waals surface area contributed by atoms with Gasteiger partial charge in [-0.25, -0.2) is 0 Å². The van der Waals surface area contributed by atoms with E-state index in [1.807, 2.05) is 0 Å². The predicted molar refractivity (Wildman–Crippen MR) is 93.3 cm³/mol. The van der Waals surface area contributed by atoms with Gasteiger partial charge >= 0.3 is 0 Å². The van der Waals surface area contributed by atoms with Crippen molar-refractivity contribution < 1.29 is 4.79 Å².